The Morgan fingerprint density at radius 1 is 1.24 bits per heavy atom. The van der Waals surface area contributed by atoms with E-state index in [9.17, 15) is 0 Å². The summed E-state index contributed by atoms with van der Waals surface area (Å²) in [5, 5.41) is 8.78. The van der Waals surface area contributed by atoms with Crippen LogP contribution < -0.4 is 4.90 Å². The zero-order chi connectivity index (χ0) is 12.1. The maximum absolute atomic E-state index is 8.78. The van der Waals surface area contributed by atoms with Gasteiger partial charge in [-0.2, -0.15) is 0 Å². The number of fused-ring (bicyclic) bond motifs is 1. The number of hydrogen-bond acceptors (Lipinski definition) is 2. The number of benzene rings is 1. The average molecular weight is 233 g/mol. The molecule has 1 aliphatic heterocycles. The van der Waals surface area contributed by atoms with Crippen molar-refractivity contribution in [2.75, 3.05) is 24.6 Å². The van der Waals surface area contributed by atoms with E-state index >= 15 is 0 Å². The van der Waals surface area contributed by atoms with Crippen LogP contribution in [0.15, 0.2) is 18.2 Å². The molecule has 17 heavy (non-hydrogen) atoms. The number of aryl methyl sites for hydroxylation is 2. The fourth-order valence-corrected chi connectivity index (χ4v) is 2.63. The minimum Gasteiger partial charge on any atom is -0.396 e. The van der Waals surface area contributed by atoms with Gasteiger partial charge in [-0.15, -0.1) is 0 Å². The van der Waals surface area contributed by atoms with E-state index in [4.69, 9.17) is 5.11 Å². The molecule has 0 saturated heterocycles. The Balaban J connectivity index is 1.97. The summed E-state index contributed by atoms with van der Waals surface area (Å²) >= 11 is 0. The van der Waals surface area contributed by atoms with Crippen molar-refractivity contribution in [3.05, 3.63) is 29.3 Å². The first-order chi connectivity index (χ1) is 8.31. The molecule has 94 valence electrons. The number of rotatable bonds is 5. The van der Waals surface area contributed by atoms with Crippen molar-refractivity contribution in [1.82, 2.24) is 0 Å². The second-order valence-corrected chi connectivity index (χ2v) is 5.01. The molecule has 0 saturated carbocycles. The summed E-state index contributed by atoms with van der Waals surface area (Å²) in [7, 11) is 0. The van der Waals surface area contributed by atoms with Crippen LogP contribution in [-0.4, -0.2) is 24.8 Å². The molecule has 0 fully saturated rings. The van der Waals surface area contributed by atoms with Crippen molar-refractivity contribution in [3.8, 4) is 0 Å². The molecule has 1 N–H and O–H groups in total. The fraction of sp³-hybridized carbons (Fsp3) is 0.600. The molecule has 1 aromatic carbocycles. The highest BCUT2D eigenvalue weighted by atomic mass is 16.2. The first kappa shape index (κ1) is 12.4. The van der Waals surface area contributed by atoms with Crippen LogP contribution in [0, 0.1) is 6.92 Å². The first-order valence-corrected chi connectivity index (χ1v) is 6.76. The molecular weight excluding hydrogens is 210 g/mol. The maximum Gasteiger partial charge on any atom is 0.0431 e. The second kappa shape index (κ2) is 6.06. The Labute approximate surface area is 104 Å². The Morgan fingerprint density at radius 3 is 2.94 bits per heavy atom. The third-order valence-corrected chi connectivity index (χ3v) is 3.54. The molecule has 0 amide bonds. The minimum atomic E-state index is 0.329. The Hall–Kier alpha value is -1.02. The number of unbranched alkanes of at least 4 members (excludes halogenated alkanes) is 2. The summed E-state index contributed by atoms with van der Waals surface area (Å²) in [5.41, 5.74) is 4.31. The summed E-state index contributed by atoms with van der Waals surface area (Å²) in [6.07, 6.45) is 5.76. The second-order valence-electron chi connectivity index (χ2n) is 5.01. The normalized spacial score (nSPS) is 14.8. The number of nitrogens with zero attached hydrogens (tertiary/aromatic N) is 1. The lowest BCUT2D eigenvalue weighted by atomic mass is 9.99. The zero-order valence-electron chi connectivity index (χ0n) is 10.8. The van der Waals surface area contributed by atoms with Crippen molar-refractivity contribution in [1.29, 1.82) is 0 Å². The van der Waals surface area contributed by atoms with Gasteiger partial charge in [-0.05, 0) is 50.7 Å². The Bertz CT molecular complexity index is 362. The van der Waals surface area contributed by atoms with Crippen LogP contribution in [0.5, 0.6) is 0 Å². The zero-order valence-corrected chi connectivity index (χ0v) is 10.8. The number of aliphatic hydroxyl groups is 1. The number of aliphatic hydroxyl groups excluding tert-OH is 1. The maximum atomic E-state index is 8.78. The lowest BCUT2D eigenvalue weighted by Gasteiger charge is -2.31. The van der Waals surface area contributed by atoms with Gasteiger partial charge >= 0.3 is 0 Å². The van der Waals surface area contributed by atoms with Crippen molar-refractivity contribution in [3.63, 3.8) is 0 Å². The van der Waals surface area contributed by atoms with Crippen LogP contribution in [0.3, 0.4) is 0 Å². The molecule has 0 aliphatic carbocycles. The smallest absolute Gasteiger partial charge is 0.0431 e. The number of hydrogen-bond donors (Lipinski definition) is 1. The molecule has 0 bridgehead atoms. The molecule has 0 atom stereocenters. The molecule has 1 aliphatic rings. The van der Waals surface area contributed by atoms with Crippen LogP contribution in [0.1, 0.15) is 36.8 Å². The summed E-state index contributed by atoms with van der Waals surface area (Å²) in [6.45, 7) is 4.82. The first-order valence-electron chi connectivity index (χ1n) is 6.76. The molecule has 2 heteroatoms. The minimum absolute atomic E-state index is 0.329. The Kier molecular flexibility index (Phi) is 4.43. The monoisotopic (exact) mass is 233 g/mol. The lowest BCUT2D eigenvalue weighted by Crippen LogP contribution is -2.30. The highest BCUT2D eigenvalue weighted by Crippen LogP contribution is 2.28. The van der Waals surface area contributed by atoms with Gasteiger partial charge in [0, 0.05) is 25.4 Å². The van der Waals surface area contributed by atoms with Crippen LogP contribution in [0.25, 0.3) is 0 Å². The van der Waals surface area contributed by atoms with Crippen LogP contribution >= 0.6 is 0 Å². The van der Waals surface area contributed by atoms with E-state index in [1.54, 1.807) is 0 Å². The molecule has 2 nitrogen and oxygen atoms in total. The van der Waals surface area contributed by atoms with E-state index in [2.05, 4.69) is 30.0 Å². The van der Waals surface area contributed by atoms with Crippen LogP contribution in [0.2, 0.25) is 0 Å². The molecule has 2 rings (SSSR count). The van der Waals surface area contributed by atoms with E-state index in [1.807, 2.05) is 0 Å². The molecular formula is C15H23NO. The quantitative estimate of drug-likeness (QED) is 0.790. The average Bonchev–Trinajstić information content (AvgIpc) is 2.34. The largest absolute Gasteiger partial charge is 0.396 e. The molecule has 0 aromatic heterocycles. The van der Waals surface area contributed by atoms with Gasteiger partial charge in [-0.3, -0.25) is 0 Å². The summed E-state index contributed by atoms with van der Waals surface area (Å²) in [6, 6.07) is 6.82. The van der Waals surface area contributed by atoms with Crippen molar-refractivity contribution < 1.29 is 5.11 Å². The summed E-state index contributed by atoms with van der Waals surface area (Å²) < 4.78 is 0. The van der Waals surface area contributed by atoms with Gasteiger partial charge in [0.25, 0.3) is 0 Å². The highest BCUT2D eigenvalue weighted by Gasteiger charge is 2.15. The fourth-order valence-electron chi connectivity index (χ4n) is 2.63. The predicted octanol–water partition coefficient (Wildman–Crippen LogP) is 2.91. The SMILES string of the molecule is Cc1ccc2c(c1)CCCN2CCCCCO. The lowest BCUT2D eigenvalue weighted by molar-refractivity contribution is 0.283. The van der Waals surface area contributed by atoms with Crippen LogP contribution in [0.4, 0.5) is 5.69 Å². The standard InChI is InChI=1S/C15H23NO/c1-13-7-8-15-14(12-13)6-5-10-16(15)9-3-2-4-11-17/h7-8,12,17H,2-6,9-11H2,1H3. The number of anilines is 1. The predicted molar refractivity (Wildman–Crippen MR) is 72.6 cm³/mol. The van der Waals surface area contributed by atoms with Crippen molar-refractivity contribution in [2.45, 2.75) is 39.0 Å². The molecule has 1 aromatic rings. The summed E-state index contributed by atoms with van der Waals surface area (Å²) in [4.78, 5) is 2.51. The topological polar surface area (TPSA) is 23.5 Å². The van der Waals surface area contributed by atoms with Gasteiger partial charge in [0.2, 0.25) is 0 Å². The third kappa shape index (κ3) is 3.22. The van der Waals surface area contributed by atoms with Gasteiger partial charge in [-0.1, -0.05) is 17.7 Å². The van der Waals surface area contributed by atoms with Crippen LogP contribution in [-0.2, 0) is 6.42 Å². The molecule has 0 spiro atoms. The van der Waals surface area contributed by atoms with Crippen molar-refractivity contribution in [2.24, 2.45) is 0 Å². The van der Waals surface area contributed by atoms with E-state index < -0.39 is 0 Å². The molecule has 0 radical (unpaired) electrons. The van der Waals surface area contributed by atoms with E-state index in [-0.39, 0.29) is 0 Å². The van der Waals surface area contributed by atoms with E-state index in [0.717, 1.165) is 19.4 Å². The van der Waals surface area contributed by atoms with Gasteiger partial charge in [0.05, 0.1) is 0 Å². The van der Waals surface area contributed by atoms with Gasteiger partial charge in [0.15, 0.2) is 0 Å². The van der Waals surface area contributed by atoms with E-state index in [0.29, 0.717) is 6.61 Å². The summed E-state index contributed by atoms with van der Waals surface area (Å²) in [5.74, 6) is 0. The molecule has 0 unspecified atom stereocenters. The van der Waals surface area contributed by atoms with E-state index in [1.165, 1.54) is 42.6 Å². The third-order valence-electron chi connectivity index (χ3n) is 3.54. The molecule has 1 heterocycles. The van der Waals surface area contributed by atoms with Gasteiger partial charge in [-0.25, -0.2) is 0 Å². The Morgan fingerprint density at radius 2 is 2.12 bits per heavy atom. The highest BCUT2D eigenvalue weighted by molar-refractivity contribution is 5.56. The van der Waals surface area contributed by atoms with Gasteiger partial charge < -0.3 is 10.0 Å². The van der Waals surface area contributed by atoms with Gasteiger partial charge in [0.1, 0.15) is 0 Å². The van der Waals surface area contributed by atoms with Crippen molar-refractivity contribution >= 4 is 5.69 Å².